The van der Waals surface area contributed by atoms with E-state index in [0.717, 1.165) is 19.4 Å². The first-order valence-electron chi connectivity index (χ1n) is 3.86. The summed E-state index contributed by atoms with van der Waals surface area (Å²) in [5.74, 6) is -0.0962. The summed E-state index contributed by atoms with van der Waals surface area (Å²) in [5.41, 5.74) is 2.95. The Hall–Kier alpha value is -0.830. The Morgan fingerprint density at radius 2 is 2.36 bits per heavy atom. The molecule has 0 aliphatic heterocycles. The van der Waals surface area contributed by atoms with Gasteiger partial charge in [0.05, 0.1) is 0 Å². The van der Waals surface area contributed by atoms with Gasteiger partial charge >= 0.3 is 0 Å². The van der Waals surface area contributed by atoms with E-state index in [1.807, 2.05) is 0 Å². The maximum Gasteiger partial charge on any atom is 0.259 e. The lowest BCUT2D eigenvalue weighted by molar-refractivity contribution is -0.127. The molecule has 0 spiro atoms. The summed E-state index contributed by atoms with van der Waals surface area (Å²) >= 11 is 0. The molecule has 0 atom stereocenters. The molecule has 0 aromatic heterocycles. The molecule has 0 aromatic rings. The Balaban J connectivity index is 3.43. The molecule has 0 saturated heterocycles. The van der Waals surface area contributed by atoms with E-state index in [4.69, 9.17) is 0 Å². The first kappa shape index (κ1) is 10.2. The molecule has 0 rings (SSSR count). The molecular weight excluding hydrogens is 140 g/mol. The van der Waals surface area contributed by atoms with E-state index in [1.54, 1.807) is 7.05 Å². The average Bonchev–Trinajstić information content (AvgIpc) is 2.03. The topological polar surface area (TPSA) is 32.3 Å². The number of hydrogen-bond acceptors (Lipinski definition) is 2. The van der Waals surface area contributed by atoms with Crippen LogP contribution in [-0.4, -0.2) is 24.5 Å². The minimum absolute atomic E-state index is 0.0962. The van der Waals surface area contributed by atoms with Crippen molar-refractivity contribution < 1.29 is 4.79 Å². The summed E-state index contributed by atoms with van der Waals surface area (Å²) in [6.45, 7) is 6.33. The van der Waals surface area contributed by atoms with E-state index >= 15 is 0 Å². The lowest BCUT2D eigenvalue weighted by Crippen LogP contribution is -2.38. The second-order valence-corrected chi connectivity index (χ2v) is 2.36. The van der Waals surface area contributed by atoms with Gasteiger partial charge < -0.3 is 0 Å². The number of hydrazine groups is 1. The molecule has 64 valence electrons. The average molecular weight is 156 g/mol. The summed E-state index contributed by atoms with van der Waals surface area (Å²) in [4.78, 5) is 10.9. The van der Waals surface area contributed by atoms with Crippen molar-refractivity contribution in [1.29, 1.82) is 0 Å². The summed E-state index contributed by atoms with van der Waals surface area (Å²) in [5, 5.41) is 1.45. The quantitative estimate of drug-likeness (QED) is 0.365. The maximum atomic E-state index is 10.9. The Morgan fingerprint density at radius 3 is 2.82 bits per heavy atom. The van der Waals surface area contributed by atoms with Crippen LogP contribution in [0.2, 0.25) is 0 Å². The van der Waals surface area contributed by atoms with E-state index in [2.05, 4.69) is 18.9 Å². The van der Waals surface area contributed by atoms with Crippen LogP contribution < -0.4 is 5.43 Å². The predicted octanol–water partition coefficient (Wildman–Crippen LogP) is 0.935. The molecule has 0 aliphatic carbocycles. The number of amides is 1. The number of hydrogen-bond donors (Lipinski definition) is 1. The first-order chi connectivity index (χ1) is 5.22. The van der Waals surface area contributed by atoms with Crippen molar-refractivity contribution in [2.75, 3.05) is 13.6 Å². The van der Waals surface area contributed by atoms with Crippen LogP contribution in [0.3, 0.4) is 0 Å². The fourth-order valence-corrected chi connectivity index (χ4v) is 0.638. The molecule has 0 saturated carbocycles. The molecule has 3 heteroatoms. The van der Waals surface area contributed by atoms with Gasteiger partial charge in [-0.3, -0.25) is 9.80 Å². The largest absolute Gasteiger partial charge is 0.278 e. The normalized spacial score (nSPS) is 9.27. The predicted molar refractivity (Wildman–Crippen MR) is 45.9 cm³/mol. The minimum atomic E-state index is -0.0962. The highest BCUT2D eigenvalue weighted by atomic mass is 16.2. The summed E-state index contributed by atoms with van der Waals surface area (Å²) < 4.78 is 0. The number of rotatable bonds is 5. The maximum absolute atomic E-state index is 10.9. The number of carbonyl (C=O) groups excluding carboxylic acids is 1. The van der Waals surface area contributed by atoms with Crippen LogP contribution >= 0.6 is 0 Å². The number of nitrogens with zero attached hydrogens (tertiary/aromatic N) is 1. The standard InChI is InChI=1S/C8H16N2O/c1-4-6-7-9-10(3)8(11)5-2/h5,9H,2,4,6-7H2,1,3H3. The molecular formula is C8H16N2O. The van der Waals surface area contributed by atoms with Gasteiger partial charge in [-0.1, -0.05) is 19.9 Å². The molecule has 1 N–H and O–H groups in total. The molecule has 0 radical (unpaired) electrons. The van der Waals surface area contributed by atoms with Gasteiger partial charge in [-0.15, -0.1) is 0 Å². The van der Waals surface area contributed by atoms with Gasteiger partial charge in [0.1, 0.15) is 0 Å². The van der Waals surface area contributed by atoms with Crippen LogP contribution in [0.25, 0.3) is 0 Å². The van der Waals surface area contributed by atoms with E-state index in [1.165, 1.54) is 11.1 Å². The van der Waals surface area contributed by atoms with Gasteiger partial charge in [-0.05, 0) is 12.5 Å². The molecule has 0 aliphatic rings. The van der Waals surface area contributed by atoms with Crippen molar-refractivity contribution in [3.05, 3.63) is 12.7 Å². The fourth-order valence-electron chi connectivity index (χ4n) is 0.638. The Morgan fingerprint density at radius 1 is 1.73 bits per heavy atom. The third-order valence-corrected chi connectivity index (χ3v) is 1.38. The molecule has 0 unspecified atom stereocenters. The van der Waals surface area contributed by atoms with Crippen LogP contribution in [0.1, 0.15) is 19.8 Å². The molecule has 0 fully saturated rings. The van der Waals surface area contributed by atoms with Crippen molar-refractivity contribution in [3.8, 4) is 0 Å². The lowest BCUT2D eigenvalue weighted by atomic mass is 10.3. The highest BCUT2D eigenvalue weighted by Crippen LogP contribution is 1.85. The van der Waals surface area contributed by atoms with Gasteiger partial charge in [-0.25, -0.2) is 5.43 Å². The molecule has 11 heavy (non-hydrogen) atoms. The molecule has 0 heterocycles. The van der Waals surface area contributed by atoms with Crippen LogP contribution in [0.4, 0.5) is 0 Å². The lowest BCUT2D eigenvalue weighted by Gasteiger charge is -2.15. The van der Waals surface area contributed by atoms with Gasteiger partial charge in [0.25, 0.3) is 5.91 Å². The van der Waals surface area contributed by atoms with Crippen LogP contribution in [0.15, 0.2) is 12.7 Å². The van der Waals surface area contributed by atoms with Crippen LogP contribution in [-0.2, 0) is 4.79 Å². The molecule has 0 aromatic carbocycles. The van der Waals surface area contributed by atoms with Crippen LogP contribution in [0, 0.1) is 0 Å². The Labute approximate surface area is 68.0 Å². The number of unbranched alkanes of at least 4 members (excludes halogenated alkanes) is 1. The molecule has 3 nitrogen and oxygen atoms in total. The highest BCUT2D eigenvalue weighted by Gasteiger charge is 2.00. The van der Waals surface area contributed by atoms with Crippen molar-refractivity contribution in [2.45, 2.75) is 19.8 Å². The smallest absolute Gasteiger partial charge is 0.259 e. The summed E-state index contributed by atoms with van der Waals surface area (Å²) in [7, 11) is 1.69. The summed E-state index contributed by atoms with van der Waals surface area (Å²) in [6, 6.07) is 0. The van der Waals surface area contributed by atoms with E-state index in [9.17, 15) is 4.79 Å². The SMILES string of the molecule is C=CC(=O)N(C)NCCCC. The van der Waals surface area contributed by atoms with E-state index in [-0.39, 0.29) is 5.91 Å². The van der Waals surface area contributed by atoms with Crippen molar-refractivity contribution in [1.82, 2.24) is 10.4 Å². The third kappa shape index (κ3) is 4.56. The monoisotopic (exact) mass is 156 g/mol. The van der Waals surface area contributed by atoms with Crippen molar-refractivity contribution >= 4 is 5.91 Å². The zero-order valence-corrected chi connectivity index (χ0v) is 7.26. The Kier molecular flexibility index (Phi) is 5.47. The zero-order chi connectivity index (χ0) is 8.69. The van der Waals surface area contributed by atoms with Gasteiger partial charge in [-0.2, -0.15) is 0 Å². The van der Waals surface area contributed by atoms with E-state index in [0.29, 0.717) is 0 Å². The van der Waals surface area contributed by atoms with Gasteiger partial charge in [0.2, 0.25) is 0 Å². The third-order valence-electron chi connectivity index (χ3n) is 1.38. The molecule has 0 bridgehead atoms. The summed E-state index contributed by atoms with van der Waals surface area (Å²) in [6.07, 6.45) is 3.50. The fraction of sp³-hybridized carbons (Fsp3) is 0.625. The Bertz CT molecular complexity index is 134. The zero-order valence-electron chi connectivity index (χ0n) is 7.26. The number of carbonyl (C=O) groups is 1. The van der Waals surface area contributed by atoms with Crippen LogP contribution in [0.5, 0.6) is 0 Å². The first-order valence-corrected chi connectivity index (χ1v) is 3.86. The second-order valence-electron chi connectivity index (χ2n) is 2.36. The van der Waals surface area contributed by atoms with Crippen molar-refractivity contribution in [3.63, 3.8) is 0 Å². The highest BCUT2D eigenvalue weighted by molar-refractivity contribution is 5.86. The number of nitrogens with one attached hydrogen (secondary N) is 1. The molecule has 1 amide bonds. The van der Waals surface area contributed by atoms with Gasteiger partial charge in [0, 0.05) is 13.6 Å². The second kappa shape index (κ2) is 5.92. The van der Waals surface area contributed by atoms with Gasteiger partial charge in [0.15, 0.2) is 0 Å². The van der Waals surface area contributed by atoms with E-state index < -0.39 is 0 Å². The minimum Gasteiger partial charge on any atom is -0.278 e. The number of likely N-dealkylation sites (N-methyl/N-ethyl adjacent to an activating group) is 1. The van der Waals surface area contributed by atoms with Crippen molar-refractivity contribution in [2.24, 2.45) is 0 Å².